The molecule has 0 heterocycles. The quantitative estimate of drug-likeness (QED) is 0.738. The fraction of sp³-hybridized carbons (Fsp3) is 0.286. The fourth-order valence-electron chi connectivity index (χ4n) is 2.57. The van der Waals surface area contributed by atoms with Crippen molar-refractivity contribution >= 4 is 12.0 Å². The second kappa shape index (κ2) is 9.51. The molecule has 2 aromatic rings. The van der Waals surface area contributed by atoms with Gasteiger partial charge in [0.2, 0.25) is 5.91 Å². The van der Waals surface area contributed by atoms with Gasteiger partial charge in [0.05, 0.1) is 21.3 Å². The molecule has 0 aromatic heterocycles. The number of aryl methyl sites for hydroxylation is 1. The van der Waals surface area contributed by atoms with E-state index in [0.717, 1.165) is 22.4 Å². The van der Waals surface area contributed by atoms with E-state index in [1.807, 2.05) is 43.3 Å². The molecule has 0 bridgehead atoms. The van der Waals surface area contributed by atoms with Gasteiger partial charge in [-0.1, -0.05) is 17.7 Å². The van der Waals surface area contributed by atoms with E-state index in [1.54, 1.807) is 27.4 Å². The minimum absolute atomic E-state index is 0.144. The Balaban J connectivity index is 1.90. The first-order chi connectivity index (χ1) is 12.6. The van der Waals surface area contributed by atoms with Gasteiger partial charge >= 0.3 is 0 Å². The smallest absolute Gasteiger partial charge is 0.244 e. The van der Waals surface area contributed by atoms with Crippen LogP contribution in [0.25, 0.3) is 6.08 Å². The van der Waals surface area contributed by atoms with E-state index in [4.69, 9.17) is 14.2 Å². The molecule has 0 fully saturated rings. The van der Waals surface area contributed by atoms with Crippen LogP contribution in [-0.4, -0.2) is 33.8 Å². The average molecular weight is 355 g/mol. The van der Waals surface area contributed by atoms with Crippen LogP contribution in [0.3, 0.4) is 0 Å². The molecule has 1 amide bonds. The molecule has 0 saturated carbocycles. The minimum atomic E-state index is -0.144. The Hall–Kier alpha value is -2.95. The van der Waals surface area contributed by atoms with Crippen LogP contribution in [0.5, 0.6) is 17.2 Å². The van der Waals surface area contributed by atoms with Gasteiger partial charge in [-0.05, 0) is 49.2 Å². The van der Waals surface area contributed by atoms with Gasteiger partial charge in [0.1, 0.15) is 5.75 Å². The van der Waals surface area contributed by atoms with E-state index < -0.39 is 0 Å². The van der Waals surface area contributed by atoms with Crippen molar-refractivity contribution in [2.75, 3.05) is 27.9 Å². The van der Waals surface area contributed by atoms with Gasteiger partial charge in [-0.25, -0.2) is 0 Å². The summed E-state index contributed by atoms with van der Waals surface area (Å²) in [7, 11) is 4.83. The lowest BCUT2D eigenvalue weighted by Gasteiger charge is -2.09. The number of rotatable bonds is 8. The maximum atomic E-state index is 12.0. The van der Waals surface area contributed by atoms with Crippen molar-refractivity contribution in [2.24, 2.45) is 0 Å². The number of benzene rings is 2. The molecule has 0 atom stereocenters. The van der Waals surface area contributed by atoms with Crippen LogP contribution in [0.15, 0.2) is 42.5 Å². The summed E-state index contributed by atoms with van der Waals surface area (Å²) in [6, 6.07) is 11.6. The predicted octanol–water partition coefficient (Wildman–Crippen LogP) is 3.39. The summed E-state index contributed by atoms with van der Waals surface area (Å²) in [4.78, 5) is 12.0. The zero-order valence-corrected chi connectivity index (χ0v) is 15.7. The van der Waals surface area contributed by atoms with Crippen molar-refractivity contribution < 1.29 is 19.0 Å². The minimum Gasteiger partial charge on any atom is -0.496 e. The second-order valence-electron chi connectivity index (χ2n) is 5.81. The molecule has 5 heteroatoms. The van der Waals surface area contributed by atoms with Crippen molar-refractivity contribution in [3.05, 3.63) is 59.2 Å². The van der Waals surface area contributed by atoms with Crippen LogP contribution in [0.2, 0.25) is 0 Å². The summed E-state index contributed by atoms with van der Waals surface area (Å²) in [5.41, 5.74) is 3.05. The molecular weight excluding hydrogens is 330 g/mol. The monoisotopic (exact) mass is 355 g/mol. The lowest BCUT2D eigenvalue weighted by atomic mass is 10.1. The highest BCUT2D eigenvalue weighted by Gasteiger charge is 2.05. The maximum absolute atomic E-state index is 12.0. The molecule has 26 heavy (non-hydrogen) atoms. The molecule has 1 N–H and O–H groups in total. The highest BCUT2D eigenvalue weighted by molar-refractivity contribution is 5.92. The average Bonchev–Trinajstić information content (AvgIpc) is 2.66. The number of amides is 1. The molecule has 2 aromatic carbocycles. The maximum Gasteiger partial charge on any atom is 0.244 e. The van der Waals surface area contributed by atoms with Crippen molar-refractivity contribution in [1.82, 2.24) is 5.32 Å². The molecule has 0 radical (unpaired) electrons. The van der Waals surface area contributed by atoms with Gasteiger partial charge in [0.25, 0.3) is 0 Å². The number of hydrogen-bond donors (Lipinski definition) is 1. The number of hydrogen-bond acceptors (Lipinski definition) is 4. The van der Waals surface area contributed by atoms with Crippen LogP contribution in [0.4, 0.5) is 0 Å². The molecule has 0 saturated heterocycles. The van der Waals surface area contributed by atoms with Gasteiger partial charge < -0.3 is 19.5 Å². The Bertz CT molecular complexity index is 784. The zero-order valence-electron chi connectivity index (χ0n) is 15.7. The Morgan fingerprint density at radius 2 is 1.65 bits per heavy atom. The van der Waals surface area contributed by atoms with E-state index in [1.165, 1.54) is 6.08 Å². The molecule has 0 aliphatic rings. The van der Waals surface area contributed by atoms with Gasteiger partial charge in [0, 0.05) is 18.2 Å². The molecule has 5 nitrogen and oxygen atoms in total. The third-order valence-electron chi connectivity index (χ3n) is 3.96. The number of nitrogens with one attached hydrogen (secondary N) is 1. The van der Waals surface area contributed by atoms with E-state index in [-0.39, 0.29) is 5.91 Å². The predicted molar refractivity (Wildman–Crippen MR) is 103 cm³/mol. The molecule has 2 rings (SSSR count). The summed E-state index contributed by atoms with van der Waals surface area (Å²) in [6.07, 6.45) is 3.98. The molecule has 0 aliphatic carbocycles. The highest BCUT2D eigenvalue weighted by Crippen LogP contribution is 2.27. The lowest BCUT2D eigenvalue weighted by molar-refractivity contribution is -0.116. The number of carbonyl (C=O) groups is 1. The first kappa shape index (κ1) is 19.4. The molecule has 0 spiro atoms. The summed E-state index contributed by atoms with van der Waals surface area (Å²) in [5, 5.41) is 2.88. The van der Waals surface area contributed by atoms with Crippen molar-refractivity contribution in [2.45, 2.75) is 13.3 Å². The van der Waals surface area contributed by atoms with Crippen LogP contribution < -0.4 is 19.5 Å². The van der Waals surface area contributed by atoms with Crippen molar-refractivity contribution in [1.29, 1.82) is 0 Å². The fourth-order valence-corrected chi connectivity index (χ4v) is 2.57. The Morgan fingerprint density at radius 1 is 0.962 bits per heavy atom. The SMILES string of the molecule is COc1ccc(C)cc1/C=C/C(=O)NCCc1ccc(OC)c(OC)c1. The van der Waals surface area contributed by atoms with Gasteiger partial charge in [0.15, 0.2) is 11.5 Å². The number of methoxy groups -OCH3 is 3. The zero-order chi connectivity index (χ0) is 18.9. The summed E-state index contributed by atoms with van der Waals surface area (Å²) in [6.45, 7) is 2.53. The molecule has 0 aliphatic heterocycles. The third kappa shape index (κ3) is 5.28. The highest BCUT2D eigenvalue weighted by atomic mass is 16.5. The van der Waals surface area contributed by atoms with Gasteiger partial charge in [-0.3, -0.25) is 4.79 Å². The summed E-state index contributed by atoms with van der Waals surface area (Å²) < 4.78 is 15.8. The van der Waals surface area contributed by atoms with Crippen LogP contribution in [-0.2, 0) is 11.2 Å². The normalized spacial score (nSPS) is 10.6. The summed E-state index contributed by atoms with van der Waals surface area (Å²) in [5.74, 6) is 1.97. The molecule has 138 valence electrons. The van der Waals surface area contributed by atoms with E-state index >= 15 is 0 Å². The van der Waals surface area contributed by atoms with Crippen molar-refractivity contribution in [3.63, 3.8) is 0 Å². The Morgan fingerprint density at radius 3 is 2.35 bits per heavy atom. The van der Waals surface area contributed by atoms with Crippen LogP contribution in [0.1, 0.15) is 16.7 Å². The van der Waals surface area contributed by atoms with E-state index in [0.29, 0.717) is 24.5 Å². The van der Waals surface area contributed by atoms with Gasteiger partial charge in [-0.15, -0.1) is 0 Å². The Labute approximate surface area is 154 Å². The second-order valence-corrected chi connectivity index (χ2v) is 5.81. The molecule has 0 unspecified atom stereocenters. The van der Waals surface area contributed by atoms with Crippen LogP contribution >= 0.6 is 0 Å². The van der Waals surface area contributed by atoms with Gasteiger partial charge in [-0.2, -0.15) is 0 Å². The standard InChI is InChI=1S/C21H25NO4/c1-15-5-8-18(24-2)17(13-15)7-10-21(23)22-12-11-16-6-9-19(25-3)20(14-16)26-4/h5-10,13-14H,11-12H2,1-4H3,(H,22,23)/b10-7+. The van der Waals surface area contributed by atoms with E-state index in [9.17, 15) is 4.79 Å². The van der Waals surface area contributed by atoms with E-state index in [2.05, 4.69) is 5.32 Å². The number of ether oxygens (including phenoxy) is 3. The van der Waals surface area contributed by atoms with Crippen LogP contribution in [0, 0.1) is 6.92 Å². The first-order valence-electron chi connectivity index (χ1n) is 8.39. The first-order valence-corrected chi connectivity index (χ1v) is 8.39. The lowest BCUT2D eigenvalue weighted by Crippen LogP contribution is -2.23. The van der Waals surface area contributed by atoms with Crippen molar-refractivity contribution in [3.8, 4) is 17.2 Å². The molecular formula is C21H25NO4. The number of carbonyl (C=O) groups excluding carboxylic acids is 1. The third-order valence-corrected chi connectivity index (χ3v) is 3.96. The largest absolute Gasteiger partial charge is 0.496 e. The topological polar surface area (TPSA) is 56.8 Å². The Kier molecular flexibility index (Phi) is 7.09. The summed E-state index contributed by atoms with van der Waals surface area (Å²) >= 11 is 0.